The zero-order valence-corrected chi connectivity index (χ0v) is 13.6. The van der Waals surface area contributed by atoms with Crippen molar-refractivity contribution in [3.63, 3.8) is 0 Å². The molecular formula is C12H12Cl3NO3S. The number of halogens is 3. The van der Waals surface area contributed by atoms with Crippen LogP contribution < -0.4 is 5.32 Å². The lowest BCUT2D eigenvalue weighted by molar-refractivity contribution is 0.0936. The minimum Gasteiger partial charge on any atom is -0.349 e. The van der Waals surface area contributed by atoms with Crippen LogP contribution in [0.3, 0.4) is 0 Å². The Morgan fingerprint density at radius 2 is 1.95 bits per heavy atom. The number of amides is 1. The van der Waals surface area contributed by atoms with Crippen LogP contribution in [0.2, 0.25) is 10.0 Å². The fraction of sp³-hybridized carbons (Fsp3) is 0.417. The highest BCUT2D eigenvalue weighted by Crippen LogP contribution is 2.35. The van der Waals surface area contributed by atoms with Gasteiger partial charge in [0.1, 0.15) is 4.90 Å². The van der Waals surface area contributed by atoms with E-state index in [1.165, 1.54) is 12.1 Å². The Kier molecular flexibility index (Phi) is 4.54. The number of carbonyl (C=O) groups excluding carboxylic acids is 1. The van der Waals surface area contributed by atoms with Crippen LogP contribution in [-0.4, -0.2) is 20.4 Å². The molecule has 0 radical (unpaired) electrons. The van der Waals surface area contributed by atoms with Gasteiger partial charge in [0.15, 0.2) is 0 Å². The lowest BCUT2D eigenvalue weighted by atomic mass is 10.1. The monoisotopic (exact) mass is 355 g/mol. The minimum absolute atomic E-state index is 0.00843. The van der Waals surface area contributed by atoms with Crippen LogP contribution in [0, 0.1) is 5.92 Å². The first kappa shape index (κ1) is 15.9. The third-order valence-corrected chi connectivity index (χ3v) is 5.42. The predicted octanol–water partition coefficient (Wildman–Crippen LogP) is 3.45. The van der Waals surface area contributed by atoms with Crippen molar-refractivity contribution in [2.24, 2.45) is 5.92 Å². The first-order valence-electron chi connectivity index (χ1n) is 5.95. The molecule has 8 heteroatoms. The number of carbonyl (C=O) groups is 1. The summed E-state index contributed by atoms with van der Waals surface area (Å²) >= 11 is 11.9. The Hall–Kier alpha value is -0.490. The Morgan fingerprint density at radius 3 is 2.45 bits per heavy atom. The van der Waals surface area contributed by atoms with Crippen molar-refractivity contribution in [1.82, 2.24) is 5.32 Å². The van der Waals surface area contributed by atoms with E-state index in [-0.39, 0.29) is 26.5 Å². The fourth-order valence-electron chi connectivity index (χ4n) is 1.92. The second kappa shape index (κ2) is 5.72. The van der Waals surface area contributed by atoms with Crippen molar-refractivity contribution < 1.29 is 13.2 Å². The van der Waals surface area contributed by atoms with E-state index < -0.39 is 15.0 Å². The number of rotatable bonds is 4. The average Bonchev–Trinajstić information content (AvgIpc) is 3.10. The zero-order chi connectivity index (χ0) is 15.1. The normalized spacial score (nSPS) is 16.8. The maximum absolute atomic E-state index is 12.2. The largest absolute Gasteiger partial charge is 0.349 e. The number of hydrogen-bond donors (Lipinski definition) is 1. The van der Waals surface area contributed by atoms with E-state index >= 15 is 0 Å². The van der Waals surface area contributed by atoms with Crippen molar-refractivity contribution in [2.75, 3.05) is 0 Å². The van der Waals surface area contributed by atoms with E-state index in [0.29, 0.717) is 5.92 Å². The molecule has 0 bridgehead atoms. The van der Waals surface area contributed by atoms with Crippen LogP contribution in [-0.2, 0) is 9.05 Å². The molecule has 1 amide bonds. The molecule has 0 saturated heterocycles. The molecule has 0 aromatic heterocycles. The molecule has 1 atom stereocenters. The van der Waals surface area contributed by atoms with Gasteiger partial charge in [0, 0.05) is 16.7 Å². The number of benzene rings is 1. The summed E-state index contributed by atoms with van der Waals surface area (Å²) in [5, 5.41) is 2.60. The topological polar surface area (TPSA) is 63.2 Å². The summed E-state index contributed by atoms with van der Waals surface area (Å²) in [6.07, 6.45) is 2.14. The molecule has 1 saturated carbocycles. The molecule has 4 nitrogen and oxygen atoms in total. The second-order valence-corrected chi connectivity index (χ2v) is 8.09. The van der Waals surface area contributed by atoms with E-state index in [9.17, 15) is 13.2 Å². The van der Waals surface area contributed by atoms with Gasteiger partial charge in [-0.15, -0.1) is 0 Å². The molecule has 0 aliphatic heterocycles. The Labute approximate surface area is 131 Å². The highest BCUT2D eigenvalue weighted by Gasteiger charge is 2.31. The summed E-state index contributed by atoms with van der Waals surface area (Å²) in [6.45, 7) is 1.89. The Morgan fingerprint density at radius 1 is 1.35 bits per heavy atom. The minimum atomic E-state index is -4.04. The van der Waals surface area contributed by atoms with Crippen LogP contribution >= 0.6 is 33.9 Å². The van der Waals surface area contributed by atoms with Gasteiger partial charge in [-0.3, -0.25) is 4.79 Å². The van der Waals surface area contributed by atoms with E-state index in [1.807, 2.05) is 6.92 Å². The molecule has 1 unspecified atom stereocenters. The lowest BCUT2D eigenvalue weighted by Gasteiger charge is -2.15. The van der Waals surface area contributed by atoms with Crippen LogP contribution in [0.4, 0.5) is 0 Å². The van der Waals surface area contributed by atoms with E-state index in [1.54, 1.807) is 0 Å². The predicted molar refractivity (Wildman–Crippen MR) is 79.2 cm³/mol. The van der Waals surface area contributed by atoms with Gasteiger partial charge < -0.3 is 5.32 Å². The van der Waals surface area contributed by atoms with Crippen molar-refractivity contribution in [1.29, 1.82) is 0 Å². The lowest BCUT2D eigenvalue weighted by Crippen LogP contribution is -2.34. The summed E-state index contributed by atoms with van der Waals surface area (Å²) in [7, 11) is 1.23. The third-order valence-electron chi connectivity index (χ3n) is 3.23. The van der Waals surface area contributed by atoms with Crippen molar-refractivity contribution in [2.45, 2.75) is 30.7 Å². The van der Waals surface area contributed by atoms with Crippen LogP contribution in [0.25, 0.3) is 0 Å². The molecule has 110 valence electrons. The molecule has 0 spiro atoms. The van der Waals surface area contributed by atoms with Crippen molar-refractivity contribution >= 4 is 48.8 Å². The van der Waals surface area contributed by atoms with Gasteiger partial charge in [-0.05, 0) is 37.8 Å². The highest BCUT2D eigenvalue weighted by molar-refractivity contribution is 8.13. The van der Waals surface area contributed by atoms with Crippen LogP contribution in [0.5, 0.6) is 0 Å². The third kappa shape index (κ3) is 3.39. The van der Waals surface area contributed by atoms with Gasteiger partial charge >= 0.3 is 0 Å². The van der Waals surface area contributed by atoms with E-state index in [4.69, 9.17) is 33.9 Å². The summed E-state index contributed by atoms with van der Waals surface area (Å²) in [6, 6.07) is 2.46. The standard InChI is InChI=1S/C12H12Cl3NO3S/c1-6(7-2-3-7)16-12(17)10-8(13)4-5-9(11(10)14)20(15,18)19/h4-7H,2-3H2,1H3,(H,16,17). The Bertz CT molecular complexity index is 656. The Balaban J connectivity index is 2.37. The van der Waals surface area contributed by atoms with Crippen molar-refractivity contribution in [3.8, 4) is 0 Å². The molecule has 2 rings (SSSR count). The molecule has 1 aromatic rings. The molecule has 20 heavy (non-hydrogen) atoms. The summed E-state index contributed by atoms with van der Waals surface area (Å²) in [5.41, 5.74) is -0.0671. The summed E-state index contributed by atoms with van der Waals surface area (Å²) in [4.78, 5) is 11.9. The molecule has 1 aliphatic carbocycles. The van der Waals surface area contributed by atoms with Gasteiger partial charge in [0.2, 0.25) is 0 Å². The quantitative estimate of drug-likeness (QED) is 0.840. The van der Waals surface area contributed by atoms with E-state index in [0.717, 1.165) is 12.8 Å². The smallest absolute Gasteiger partial charge is 0.262 e. The molecular weight excluding hydrogens is 345 g/mol. The maximum atomic E-state index is 12.2. The number of hydrogen-bond acceptors (Lipinski definition) is 3. The highest BCUT2D eigenvalue weighted by atomic mass is 35.7. The van der Waals surface area contributed by atoms with Crippen molar-refractivity contribution in [3.05, 3.63) is 27.7 Å². The summed E-state index contributed by atoms with van der Waals surface area (Å²) < 4.78 is 22.8. The van der Waals surface area contributed by atoms with E-state index in [2.05, 4.69) is 5.32 Å². The average molecular weight is 357 g/mol. The van der Waals surface area contributed by atoms with Gasteiger partial charge in [0.25, 0.3) is 15.0 Å². The van der Waals surface area contributed by atoms with Gasteiger partial charge in [-0.1, -0.05) is 23.2 Å². The van der Waals surface area contributed by atoms with Crippen LogP contribution in [0.1, 0.15) is 30.1 Å². The molecule has 1 aromatic carbocycles. The zero-order valence-electron chi connectivity index (χ0n) is 10.5. The first-order chi connectivity index (χ1) is 9.21. The fourth-order valence-corrected chi connectivity index (χ4v) is 3.82. The molecule has 1 aliphatic rings. The first-order valence-corrected chi connectivity index (χ1v) is 9.02. The summed E-state index contributed by atoms with van der Waals surface area (Å²) in [5.74, 6) is -0.0435. The number of nitrogens with one attached hydrogen (secondary N) is 1. The van der Waals surface area contributed by atoms with Gasteiger partial charge in [-0.2, -0.15) is 0 Å². The van der Waals surface area contributed by atoms with Gasteiger partial charge in [-0.25, -0.2) is 8.42 Å². The SMILES string of the molecule is CC(NC(=O)c1c(Cl)ccc(S(=O)(=O)Cl)c1Cl)C1CC1. The molecule has 1 fully saturated rings. The maximum Gasteiger partial charge on any atom is 0.262 e. The second-order valence-electron chi connectivity index (χ2n) is 4.77. The van der Waals surface area contributed by atoms with Crippen LogP contribution in [0.15, 0.2) is 17.0 Å². The molecule has 0 heterocycles. The molecule has 1 N–H and O–H groups in total. The van der Waals surface area contributed by atoms with Gasteiger partial charge in [0.05, 0.1) is 15.6 Å².